The van der Waals surface area contributed by atoms with E-state index in [-0.39, 0.29) is 5.75 Å². The third-order valence-corrected chi connectivity index (χ3v) is 3.99. The van der Waals surface area contributed by atoms with Gasteiger partial charge < -0.3 is 10.5 Å². The van der Waals surface area contributed by atoms with Crippen molar-refractivity contribution in [3.05, 3.63) is 35.4 Å². The van der Waals surface area contributed by atoms with Crippen LogP contribution in [0.1, 0.15) is 25.0 Å². The van der Waals surface area contributed by atoms with Crippen LogP contribution in [-0.2, 0) is 27.1 Å². The largest absolute Gasteiger partial charge is 0.380 e. The minimum atomic E-state index is -3.32. The van der Waals surface area contributed by atoms with Crippen molar-refractivity contribution in [2.75, 3.05) is 19.8 Å². The first-order valence-corrected chi connectivity index (χ1v) is 8.41. The molecule has 5 nitrogen and oxygen atoms in total. The number of rotatable bonds is 9. The van der Waals surface area contributed by atoms with Crippen LogP contribution in [0.3, 0.4) is 0 Å². The molecule has 0 unspecified atom stereocenters. The van der Waals surface area contributed by atoms with Gasteiger partial charge in [0, 0.05) is 19.7 Å². The molecule has 3 N–H and O–H groups in total. The minimum absolute atomic E-state index is 0.0258. The highest BCUT2D eigenvalue weighted by molar-refractivity contribution is 7.88. The lowest BCUT2D eigenvalue weighted by Gasteiger charge is -2.09. The molecule has 1 rings (SSSR count). The Bertz CT molecular complexity index is 484. The number of nitrogens with two attached hydrogens (primary N) is 1. The topological polar surface area (TPSA) is 81.4 Å². The summed E-state index contributed by atoms with van der Waals surface area (Å²) < 4.78 is 31.6. The summed E-state index contributed by atoms with van der Waals surface area (Å²) in [6.07, 6.45) is 0. The van der Waals surface area contributed by atoms with Gasteiger partial charge in [-0.05, 0) is 17.0 Å². The van der Waals surface area contributed by atoms with Crippen LogP contribution >= 0.6 is 0 Å². The maximum absolute atomic E-state index is 11.9. The average molecular weight is 300 g/mol. The lowest BCUT2D eigenvalue weighted by molar-refractivity contribution is 0.114. The fourth-order valence-electron chi connectivity index (χ4n) is 1.63. The number of benzene rings is 1. The zero-order valence-electron chi connectivity index (χ0n) is 12.1. The van der Waals surface area contributed by atoms with Gasteiger partial charge in [-0.15, -0.1) is 0 Å². The molecule has 0 atom stereocenters. The normalized spacial score (nSPS) is 12.0. The van der Waals surface area contributed by atoms with Crippen molar-refractivity contribution in [3.63, 3.8) is 0 Å². The molecular formula is C14H24N2O3S. The van der Waals surface area contributed by atoms with Crippen LogP contribution in [0.2, 0.25) is 0 Å². The molecule has 0 aliphatic rings. The van der Waals surface area contributed by atoms with Gasteiger partial charge in [0.15, 0.2) is 0 Å². The number of nitrogens with one attached hydrogen (secondary N) is 1. The second-order valence-corrected chi connectivity index (χ2v) is 6.95. The van der Waals surface area contributed by atoms with Crippen LogP contribution in [0.4, 0.5) is 0 Å². The predicted octanol–water partition coefficient (Wildman–Crippen LogP) is 1.24. The molecule has 1 aromatic carbocycles. The smallest absolute Gasteiger partial charge is 0.215 e. The molecular weight excluding hydrogens is 276 g/mol. The Balaban J connectivity index is 2.36. The third-order valence-electron chi connectivity index (χ3n) is 2.63. The lowest BCUT2D eigenvalue weighted by atomic mass is 10.1. The average Bonchev–Trinajstić information content (AvgIpc) is 2.38. The third kappa shape index (κ3) is 7.00. The fourth-order valence-corrected chi connectivity index (χ4v) is 2.76. The second kappa shape index (κ2) is 8.36. The van der Waals surface area contributed by atoms with E-state index in [1.54, 1.807) is 12.1 Å². The number of ether oxygens (including phenoxy) is 1. The summed E-state index contributed by atoms with van der Waals surface area (Å²) in [4.78, 5) is 0. The predicted molar refractivity (Wildman–Crippen MR) is 80.6 cm³/mol. The van der Waals surface area contributed by atoms with E-state index < -0.39 is 10.0 Å². The van der Waals surface area contributed by atoms with Crippen LogP contribution in [0.5, 0.6) is 0 Å². The summed E-state index contributed by atoms with van der Waals surface area (Å²) in [6.45, 7) is 5.89. The van der Waals surface area contributed by atoms with E-state index >= 15 is 0 Å². The van der Waals surface area contributed by atoms with Crippen molar-refractivity contribution in [3.8, 4) is 0 Å². The van der Waals surface area contributed by atoms with Gasteiger partial charge in [0.2, 0.25) is 10.0 Å². The van der Waals surface area contributed by atoms with Crippen molar-refractivity contribution >= 4 is 10.0 Å². The minimum Gasteiger partial charge on any atom is -0.380 e. The van der Waals surface area contributed by atoms with Gasteiger partial charge in [0.25, 0.3) is 0 Å². The Labute approximate surface area is 121 Å². The molecule has 0 saturated heterocycles. The molecule has 0 aromatic heterocycles. The Hall–Kier alpha value is -0.950. The van der Waals surface area contributed by atoms with Crippen LogP contribution in [0.25, 0.3) is 0 Å². The quantitative estimate of drug-likeness (QED) is 0.672. The van der Waals surface area contributed by atoms with Crippen LogP contribution < -0.4 is 10.5 Å². The zero-order chi connectivity index (χ0) is 15.0. The number of hydrogen-bond acceptors (Lipinski definition) is 4. The molecule has 0 aliphatic carbocycles. The molecule has 6 heteroatoms. The molecule has 0 radical (unpaired) electrons. The summed E-state index contributed by atoms with van der Waals surface area (Å²) in [5.74, 6) is 0.426. The van der Waals surface area contributed by atoms with Gasteiger partial charge in [-0.2, -0.15) is 0 Å². The summed E-state index contributed by atoms with van der Waals surface area (Å²) in [6, 6.07) is 7.26. The van der Waals surface area contributed by atoms with Crippen molar-refractivity contribution in [2.24, 2.45) is 11.7 Å². The van der Waals surface area contributed by atoms with Gasteiger partial charge in [-0.25, -0.2) is 13.1 Å². The summed E-state index contributed by atoms with van der Waals surface area (Å²) >= 11 is 0. The lowest BCUT2D eigenvalue weighted by Crippen LogP contribution is -2.29. The Morgan fingerprint density at radius 2 is 1.80 bits per heavy atom. The van der Waals surface area contributed by atoms with Gasteiger partial charge in [0.05, 0.1) is 12.4 Å². The summed E-state index contributed by atoms with van der Waals surface area (Å²) in [5.41, 5.74) is 7.23. The van der Waals surface area contributed by atoms with E-state index in [1.807, 2.05) is 12.1 Å². The number of sulfonamides is 1. The van der Waals surface area contributed by atoms with Gasteiger partial charge in [-0.3, -0.25) is 0 Å². The maximum atomic E-state index is 11.9. The maximum Gasteiger partial charge on any atom is 0.215 e. The van der Waals surface area contributed by atoms with Gasteiger partial charge in [0.1, 0.15) is 0 Å². The molecule has 114 valence electrons. The Morgan fingerprint density at radius 1 is 1.20 bits per heavy atom. The standard InChI is InChI=1S/C14H24N2O3S/c1-12(2)10-19-8-7-16-20(17,18)11-14-5-3-13(9-15)4-6-14/h3-6,12,16H,7-11,15H2,1-2H3. The molecule has 0 amide bonds. The van der Waals surface area contributed by atoms with Crippen molar-refractivity contribution in [2.45, 2.75) is 26.1 Å². The number of hydrogen-bond donors (Lipinski definition) is 2. The van der Waals surface area contributed by atoms with Crippen molar-refractivity contribution in [1.82, 2.24) is 4.72 Å². The van der Waals surface area contributed by atoms with Gasteiger partial charge in [-0.1, -0.05) is 38.1 Å². The van der Waals surface area contributed by atoms with Crippen molar-refractivity contribution in [1.29, 1.82) is 0 Å². The molecule has 0 bridgehead atoms. The first kappa shape index (κ1) is 17.1. The fraction of sp³-hybridized carbons (Fsp3) is 0.571. The molecule has 0 aliphatic heterocycles. The molecule has 0 spiro atoms. The molecule has 0 heterocycles. The van der Waals surface area contributed by atoms with Crippen LogP contribution in [-0.4, -0.2) is 28.2 Å². The van der Waals surface area contributed by atoms with Crippen molar-refractivity contribution < 1.29 is 13.2 Å². The highest BCUT2D eigenvalue weighted by atomic mass is 32.2. The highest BCUT2D eigenvalue weighted by Crippen LogP contribution is 2.07. The van der Waals surface area contributed by atoms with E-state index in [0.29, 0.717) is 32.2 Å². The Morgan fingerprint density at radius 3 is 2.35 bits per heavy atom. The molecule has 0 fully saturated rings. The van der Waals surface area contributed by atoms with E-state index in [0.717, 1.165) is 11.1 Å². The SMILES string of the molecule is CC(C)COCCNS(=O)(=O)Cc1ccc(CN)cc1. The highest BCUT2D eigenvalue weighted by Gasteiger charge is 2.10. The van der Waals surface area contributed by atoms with E-state index in [9.17, 15) is 8.42 Å². The summed E-state index contributed by atoms with van der Waals surface area (Å²) in [5, 5.41) is 0. The van der Waals surface area contributed by atoms with Gasteiger partial charge >= 0.3 is 0 Å². The molecule has 1 aromatic rings. The summed E-state index contributed by atoms with van der Waals surface area (Å²) in [7, 11) is -3.32. The van der Waals surface area contributed by atoms with E-state index in [2.05, 4.69) is 18.6 Å². The van der Waals surface area contributed by atoms with Crippen LogP contribution in [0, 0.1) is 5.92 Å². The zero-order valence-corrected chi connectivity index (χ0v) is 12.9. The van der Waals surface area contributed by atoms with Crippen LogP contribution in [0.15, 0.2) is 24.3 Å². The first-order chi connectivity index (χ1) is 9.43. The van der Waals surface area contributed by atoms with E-state index in [1.165, 1.54) is 0 Å². The Kier molecular flexibility index (Phi) is 7.15. The molecule has 20 heavy (non-hydrogen) atoms. The monoisotopic (exact) mass is 300 g/mol. The first-order valence-electron chi connectivity index (χ1n) is 6.76. The van der Waals surface area contributed by atoms with E-state index in [4.69, 9.17) is 10.5 Å². The second-order valence-electron chi connectivity index (χ2n) is 5.14. The molecule has 0 saturated carbocycles.